The number of hydrogen-bond acceptors (Lipinski definition) is 4. The quantitative estimate of drug-likeness (QED) is 0.159. The lowest BCUT2D eigenvalue weighted by molar-refractivity contribution is -0.260. The number of carbonyl (C=O) groups excluding carboxylic acids is 1. The van der Waals surface area contributed by atoms with E-state index in [4.69, 9.17) is 9.84 Å². The molecule has 3 atom stereocenters. The summed E-state index contributed by atoms with van der Waals surface area (Å²) in [7, 11) is 0. The van der Waals surface area contributed by atoms with Gasteiger partial charge in [-0.2, -0.15) is 0 Å². The molecule has 0 aliphatic carbocycles. The molecular formula is C36H53N2O5. The Morgan fingerprint density at radius 1 is 0.791 bits per heavy atom. The summed E-state index contributed by atoms with van der Waals surface area (Å²) in [6.07, 6.45) is 17.2. The summed E-state index contributed by atoms with van der Waals surface area (Å²) < 4.78 is 6.00. The number of nitrogens with one attached hydrogen (secondary N) is 1. The van der Waals surface area contributed by atoms with E-state index in [0.717, 1.165) is 23.3 Å². The average Bonchev–Trinajstić information content (AvgIpc) is 3.25. The summed E-state index contributed by atoms with van der Waals surface area (Å²) in [4.78, 5) is 23.4. The van der Waals surface area contributed by atoms with Gasteiger partial charge in [-0.05, 0) is 75.4 Å². The summed E-state index contributed by atoms with van der Waals surface area (Å²) in [6.45, 7) is 8.33. The van der Waals surface area contributed by atoms with Crippen molar-refractivity contribution in [1.29, 1.82) is 0 Å². The number of hydroxylamine groups is 2. The minimum absolute atomic E-state index is 0.359. The highest BCUT2D eigenvalue weighted by Gasteiger charge is 2.52. The van der Waals surface area contributed by atoms with Crippen LogP contribution < -0.4 is 10.1 Å². The molecule has 1 saturated heterocycles. The molecule has 1 fully saturated rings. The van der Waals surface area contributed by atoms with Gasteiger partial charge in [0.2, 0.25) is 0 Å². The monoisotopic (exact) mass is 593 g/mol. The third-order valence-electron chi connectivity index (χ3n) is 9.22. The molecule has 0 spiro atoms. The smallest absolute Gasteiger partial charge is 0.325 e. The van der Waals surface area contributed by atoms with E-state index in [-0.39, 0.29) is 0 Å². The topological polar surface area (TPSA) is 98.8 Å². The number of carbonyl (C=O) groups is 2. The second-order valence-corrected chi connectivity index (χ2v) is 12.7. The molecule has 7 heteroatoms. The maximum Gasteiger partial charge on any atom is 0.325 e. The number of amides is 1. The fourth-order valence-electron chi connectivity index (χ4n) is 6.12. The lowest BCUT2D eigenvalue weighted by atomic mass is 9.89. The number of carboxylic acids is 1. The van der Waals surface area contributed by atoms with E-state index in [0.29, 0.717) is 25.0 Å². The number of nitrogens with zero attached hydrogens (tertiary/aromatic N) is 1. The van der Waals surface area contributed by atoms with Crippen LogP contribution in [0, 0.1) is 0 Å². The molecule has 1 aliphatic heterocycles. The van der Waals surface area contributed by atoms with Crippen LogP contribution in [-0.4, -0.2) is 34.7 Å². The molecule has 1 radical (unpaired) electrons. The van der Waals surface area contributed by atoms with Crippen LogP contribution in [0.5, 0.6) is 5.75 Å². The molecule has 43 heavy (non-hydrogen) atoms. The van der Waals surface area contributed by atoms with E-state index >= 15 is 0 Å². The van der Waals surface area contributed by atoms with E-state index in [2.05, 4.69) is 12.2 Å². The minimum Gasteiger partial charge on any atom is -0.494 e. The van der Waals surface area contributed by atoms with Gasteiger partial charge in [0.15, 0.2) is 0 Å². The SMILES string of the molecule is CCCCCCCCCCCCCCOc1ccc([C@]2(C)CC[C@@](C)(c3ccc(C(=O)N[C@H](C)C(=O)O)cc3)N2[O])cc1. The van der Waals surface area contributed by atoms with Crippen LogP contribution in [0.15, 0.2) is 48.5 Å². The molecule has 7 nitrogen and oxygen atoms in total. The Bertz CT molecular complexity index is 1140. The van der Waals surface area contributed by atoms with Gasteiger partial charge >= 0.3 is 5.97 Å². The second kappa shape index (κ2) is 16.8. The van der Waals surface area contributed by atoms with E-state index in [1.54, 1.807) is 24.3 Å². The van der Waals surface area contributed by atoms with Gasteiger partial charge in [-0.15, -0.1) is 10.3 Å². The molecule has 3 rings (SSSR count). The molecule has 1 amide bonds. The number of benzene rings is 2. The molecule has 2 aromatic rings. The van der Waals surface area contributed by atoms with E-state index in [9.17, 15) is 14.8 Å². The van der Waals surface area contributed by atoms with Crippen molar-refractivity contribution in [2.24, 2.45) is 0 Å². The minimum atomic E-state index is -1.09. The fourth-order valence-corrected chi connectivity index (χ4v) is 6.12. The zero-order valence-electron chi connectivity index (χ0n) is 26.8. The van der Waals surface area contributed by atoms with Crippen molar-refractivity contribution in [3.05, 3.63) is 65.2 Å². The highest BCUT2D eigenvalue weighted by atomic mass is 16.5. The Hall–Kier alpha value is -2.90. The number of ether oxygens (including phenoxy) is 1. The fraction of sp³-hybridized carbons (Fsp3) is 0.611. The Kier molecular flexibility index (Phi) is 13.5. The van der Waals surface area contributed by atoms with Gasteiger partial charge in [-0.1, -0.05) is 102 Å². The first-order valence-corrected chi connectivity index (χ1v) is 16.5. The van der Waals surface area contributed by atoms with Crippen LogP contribution >= 0.6 is 0 Å². The van der Waals surface area contributed by atoms with Gasteiger partial charge in [0.25, 0.3) is 5.91 Å². The molecule has 1 aliphatic rings. The average molecular weight is 594 g/mol. The van der Waals surface area contributed by atoms with Crippen molar-refractivity contribution >= 4 is 11.9 Å². The lowest BCUT2D eigenvalue weighted by Crippen LogP contribution is -2.44. The highest BCUT2D eigenvalue weighted by molar-refractivity contribution is 5.96. The van der Waals surface area contributed by atoms with Crippen molar-refractivity contribution in [2.75, 3.05) is 6.61 Å². The molecule has 0 unspecified atom stereocenters. The van der Waals surface area contributed by atoms with Crippen molar-refractivity contribution < 1.29 is 24.6 Å². The van der Waals surface area contributed by atoms with Gasteiger partial charge in [-0.3, -0.25) is 9.59 Å². The summed E-state index contributed by atoms with van der Waals surface area (Å²) in [6, 6.07) is 13.9. The molecule has 1 heterocycles. The third kappa shape index (κ3) is 9.54. The predicted molar refractivity (Wildman–Crippen MR) is 170 cm³/mol. The van der Waals surface area contributed by atoms with Crippen LogP contribution in [0.2, 0.25) is 0 Å². The summed E-state index contributed by atoms with van der Waals surface area (Å²) in [5.41, 5.74) is 0.717. The van der Waals surface area contributed by atoms with E-state index in [1.165, 1.54) is 82.6 Å². The van der Waals surface area contributed by atoms with E-state index in [1.807, 2.05) is 38.1 Å². The standard InChI is InChI=1S/C36H53N2O5/c1-5-6-7-8-9-10-11-12-13-14-15-16-27-43-32-23-21-31(22-24-32)36(4)26-25-35(3,38(36)42)30-19-17-29(18-20-30)33(39)37-28(2)34(40)41/h17-24,28H,5-16,25-27H2,1-4H3,(H,37,39)(H,40,41)/t28-,35+,36+/m1/s1. The Balaban J connectivity index is 1.43. The van der Waals surface area contributed by atoms with Gasteiger partial charge in [-0.25, -0.2) is 0 Å². The zero-order chi connectivity index (χ0) is 31.3. The molecule has 0 saturated carbocycles. The van der Waals surface area contributed by atoms with Crippen molar-refractivity contribution in [3.8, 4) is 5.75 Å². The highest BCUT2D eigenvalue weighted by Crippen LogP contribution is 2.51. The van der Waals surface area contributed by atoms with Gasteiger partial charge in [0, 0.05) is 5.56 Å². The first-order chi connectivity index (χ1) is 20.6. The lowest BCUT2D eigenvalue weighted by Gasteiger charge is -2.37. The van der Waals surface area contributed by atoms with Crippen LogP contribution in [-0.2, 0) is 21.1 Å². The largest absolute Gasteiger partial charge is 0.494 e. The van der Waals surface area contributed by atoms with Crippen LogP contribution in [0.3, 0.4) is 0 Å². The van der Waals surface area contributed by atoms with Gasteiger partial charge < -0.3 is 15.2 Å². The number of hydrogen-bond donors (Lipinski definition) is 2. The summed E-state index contributed by atoms with van der Waals surface area (Å²) >= 11 is 0. The maximum absolute atomic E-state index is 13.8. The van der Waals surface area contributed by atoms with Crippen LogP contribution in [0.4, 0.5) is 0 Å². The Morgan fingerprint density at radius 2 is 1.23 bits per heavy atom. The molecular weight excluding hydrogens is 540 g/mol. The molecule has 0 aromatic heterocycles. The van der Waals surface area contributed by atoms with Crippen molar-refractivity contribution in [1.82, 2.24) is 10.4 Å². The number of unbranched alkanes of at least 4 members (excludes halogenated alkanes) is 11. The first kappa shape index (κ1) is 34.6. The zero-order valence-corrected chi connectivity index (χ0v) is 26.8. The molecule has 2 N–H and O–H groups in total. The number of aliphatic carboxylic acids is 1. The second-order valence-electron chi connectivity index (χ2n) is 12.7. The normalized spacial score (nSPS) is 21.0. The third-order valence-corrected chi connectivity index (χ3v) is 9.22. The Labute approximate surface area is 259 Å². The van der Waals surface area contributed by atoms with Crippen molar-refractivity contribution in [2.45, 2.75) is 135 Å². The van der Waals surface area contributed by atoms with Gasteiger partial charge in [0.1, 0.15) is 11.8 Å². The molecule has 0 bridgehead atoms. The van der Waals surface area contributed by atoms with Crippen LogP contribution in [0.1, 0.15) is 139 Å². The van der Waals surface area contributed by atoms with Gasteiger partial charge in [0.05, 0.1) is 17.7 Å². The van der Waals surface area contributed by atoms with E-state index < -0.39 is 29.0 Å². The van der Waals surface area contributed by atoms with Crippen molar-refractivity contribution in [3.63, 3.8) is 0 Å². The molecule has 237 valence electrons. The number of carboxylic acid groups (broad SMARTS) is 1. The summed E-state index contributed by atoms with van der Waals surface area (Å²) in [5, 5.41) is 26.5. The summed E-state index contributed by atoms with van der Waals surface area (Å²) in [5.74, 6) is -0.716. The van der Waals surface area contributed by atoms with Crippen LogP contribution in [0.25, 0.3) is 0 Å². The predicted octanol–water partition coefficient (Wildman–Crippen LogP) is 8.54. The molecule has 2 aromatic carbocycles. The first-order valence-electron chi connectivity index (χ1n) is 16.5. The maximum atomic E-state index is 13.8. The number of rotatable bonds is 19. The Morgan fingerprint density at radius 3 is 1.70 bits per heavy atom.